The number of piperidine rings is 1. The van der Waals surface area contributed by atoms with Crippen LogP contribution in [-0.2, 0) is 14.3 Å². The Balaban J connectivity index is 1.74. The number of ketones is 1. The summed E-state index contributed by atoms with van der Waals surface area (Å²) in [7, 11) is 0. The molecule has 0 spiro atoms. The maximum atomic E-state index is 12.0. The topological polar surface area (TPSA) is 46.6 Å². The van der Waals surface area contributed by atoms with Crippen molar-refractivity contribution in [3.63, 3.8) is 0 Å². The van der Waals surface area contributed by atoms with Gasteiger partial charge in [0, 0.05) is 25.9 Å². The Kier molecular flexibility index (Phi) is 5.37. The minimum atomic E-state index is 0.0490. The maximum absolute atomic E-state index is 12.0. The van der Waals surface area contributed by atoms with Gasteiger partial charge >= 0.3 is 0 Å². The van der Waals surface area contributed by atoms with Crippen molar-refractivity contribution in [1.82, 2.24) is 4.90 Å². The zero-order chi connectivity index (χ0) is 13.7. The highest BCUT2D eigenvalue weighted by atomic mass is 16.5. The van der Waals surface area contributed by atoms with Crippen molar-refractivity contribution in [3.05, 3.63) is 0 Å². The fourth-order valence-electron chi connectivity index (χ4n) is 3.14. The number of likely N-dealkylation sites (tertiary alicyclic amines) is 1. The van der Waals surface area contributed by atoms with Crippen molar-refractivity contribution in [2.24, 2.45) is 5.92 Å². The van der Waals surface area contributed by atoms with Gasteiger partial charge in [0.15, 0.2) is 0 Å². The molecule has 1 aliphatic heterocycles. The molecule has 4 heteroatoms. The average molecular weight is 267 g/mol. The molecule has 0 N–H and O–H groups in total. The van der Waals surface area contributed by atoms with Gasteiger partial charge in [0.2, 0.25) is 5.91 Å². The quantitative estimate of drug-likeness (QED) is 0.784. The minimum absolute atomic E-state index is 0.0490. The lowest BCUT2D eigenvalue weighted by Gasteiger charge is -2.32. The molecule has 2 atom stereocenters. The Morgan fingerprint density at radius 1 is 1.26 bits per heavy atom. The van der Waals surface area contributed by atoms with Crippen LogP contribution in [0.1, 0.15) is 51.9 Å². The van der Waals surface area contributed by atoms with E-state index in [-0.39, 0.29) is 24.4 Å². The molecule has 1 saturated heterocycles. The largest absolute Gasteiger partial charge is 0.368 e. The molecule has 2 fully saturated rings. The summed E-state index contributed by atoms with van der Waals surface area (Å²) in [5, 5.41) is 0. The zero-order valence-corrected chi connectivity index (χ0v) is 11.9. The van der Waals surface area contributed by atoms with Crippen LogP contribution in [0.5, 0.6) is 0 Å². The van der Waals surface area contributed by atoms with E-state index >= 15 is 0 Å². The van der Waals surface area contributed by atoms with E-state index in [2.05, 4.69) is 6.92 Å². The fraction of sp³-hybridized carbons (Fsp3) is 0.867. The van der Waals surface area contributed by atoms with Crippen molar-refractivity contribution >= 4 is 11.7 Å². The molecule has 4 nitrogen and oxygen atoms in total. The lowest BCUT2D eigenvalue weighted by Crippen LogP contribution is -2.41. The second-order valence-electron chi connectivity index (χ2n) is 5.72. The summed E-state index contributed by atoms with van der Waals surface area (Å²) in [6.07, 6.45) is 7.23. The molecule has 1 heterocycles. The van der Waals surface area contributed by atoms with Gasteiger partial charge in [0.05, 0.1) is 6.10 Å². The molecule has 2 rings (SSSR count). The summed E-state index contributed by atoms with van der Waals surface area (Å²) in [5.41, 5.74) is 0. The van der Waals surface area contributed by atoms with E-state index in [9.17, 15) is 9.59 Å². The number of amides is 1. The molecule has 0 aromatic rings. The van der Waals surface area contributed by atoms with Crippen LogP contribution in [0.4, 0.5) is 0 Å². The second-order valence-corrected chi connectivity index (χ2v) is 5.72. The zero-order valence-electron chi connectivity index (χ0n) is 11.9. The van der Waals surface area contributed by atoms with Crippen LogP contribution in [0, 0.1) is 5.92 Å². The van der Waals surface area contributed by atoms with Gasteiger partial charge in [-0.2, -0.15) is 0 Å². The molecule has 0 aromatic heterocycles. The second kappa shape index (κ2) is 7.04. The Bertz CT molecular complexity index is 319. The number of hydrogen-bond acceptors (Lipinski definition) is 3. The Labute approximate surface area is 115 Å². The van der Waals surface area contributed by atoms with Gasteiger partial charge in [0.25, 0.3) is 0 Å². The van der Waals surface area contributed by atoms with Gasteiger partial charge in [-0.1, -0.05) is 26.2 Å². The first-order chi connectivity index (χ1) is 9.20. The van der Waals surface area contributed by atoms with Crippen LogP contribution in [0.3, 0.4) is 0 Å². The lowest BCUT2D eigenvalue weighted by molar-refractivity contribution is -0.142. The van der Waals surface area contributed by atoms with Gasteiger partial charge in [-0.3, -0.25) is 9.59 Å². The first-order valence-corrected chi connectivity index (χ1v) is 7.61. The number of carbonyl (C=O) groups is 2. The molecule has 0 aromatic carbocycles. The van der Waals surface area contributed by atoms with Gasteiger partial charge in [-0.25, -0.2) is 0 Å². The van der Waals surface area contributed by atoms with Crippen LogP contribution < -0.4 is 0 Å². The third-order valence-electron chi connectivity index (χ3n) is 4.46. The first-order valence-electron chi connectivity index (χ1n) is 7.61. The summed E-state index contributed by atoms with van der Waals surface area (Å²) in [4.78, 5) is 25.0. The van der Waals surface area contributed by atoms with Gasteiger partial charge < -0.3 is 9.64 Å². The van der Waals surface area contributed by atoms with E-state index in [0.717, 1.165) is 12.8 Å². The van der Waals surface area contributed by atoms with Gasteiger partial charge in [0.1, 0.15) is 12.4 Å². The summed E-state index contributed by atoms with van der Waals surface area (Å²) < 4.78 is 5.85. The van der Waals surface area contributed by atoms with Crippen molar-refractivity contribution < 1.29 is 14.3 Å². The van der Waals surface area contributed by atoms with E-state index in [1.807, 2.05) is 0 Å². The summed E-state index contributed by atoms with van der Waals surface area (Å²) in [6, 6.07) is 0. The lowest BCUT2D eigenvalue weighted by atomic mass is 9.85. The summed E-state index contributed by atoms with van der Waals surface area (Å²) >= 11 is 0. The van der Waals surface area contributed by atoms with Gasteiger partial charge in [-0.05, 0) is 18.8 Å². The standard InChI is InChI=1S/C15H25NO3/c1-2-12-5-3-4-6-14(12)19-11-15(18)16-9-7-13(17)8-10-16/h12,14H,2-11H2,1H3. The Morgan fingerprint density at radius 2 is 1.95 bits per heavy atom. The number of ether oxygens (including phenoxy) is 1. The highest BCUT2D eigenvalue weighted by Gasteiger charge is 2.26. The van der Waals surface area contributed by atoms with Gasteiger partial charge in [-0.15, -0.1) is 0 Å². The minimum Gasteiger partial charge on any atom is -0.368 e. The predicted molar refractivity (Wildman–Crippen MR) is 72.8 cm³/mol. The predicted octanol–water partition coefficient (Wildman–Crippen LogP) is 2.16. The smallest absolute Gasteiger partial charge is 0.248 e. The monoisotopic (exact) mass is 267 g/mol. The summed E-state index contributed by atoms with van der Waals surface area (Å²) in [6.45, 7) is 3.53. The number of hydrogen-bond donors (Lipinski definition) is 0. The van der Waals surface area contributed by atoms with E-state index < -0.39 is 0 Å². The van der Waals surface area contributed by atoms with Crippen molar-refractivity contribution in [2.45, 2.75) is 58.0 Å². The molecule has 1 amide bonds. The van der Waals surface area contributed by atoms with Crippen LogP contribution in [0.15, 0.2) is 0 Å². The number of nitrogens with zero attached hydrogens (tertiary/aromatic N) is 1. The molecule has 1 aliphatic carbocycles. The summed E-state index contributed by atoms with van der Waals surface area (Å²) in [5.74, 6) is 0.931. The van der Waals surface area contributed by atoms with Crippen LogP contribution in [-0.4, -0.2) is 42.4 Å². The highest BCUT2D eigenvalue weighted by molar-refractivity contribution is 5.83. The van der Waals surface area contributed by atoms with Crippen molar-refractivity contribution in [2.75, 3.05) is 19.7 Å². The van der Waals surface area contributed by atoms with Crippen molar-refractivity contribution in [3.8, 4) is 0 Å². The van der Waals surface area contributed by atoms with E-state index in [4.69, 9.17) is 4.74 Å². The third kappa shape index (κ3) is 4.03. The normalized spacial score (nSPS) is 28.5. The molecule has 0 bridgehead atoms. The van der Waals surface area contributed by atoms with Crippen LogP contribution in [0.2, 0.25) is 0 Å². The molecule has 19 heavy (non-hydrogen) atoms. The van der Waals surface area contributed by atoms with Crippen LogP contribution >= 0.6 is 0 Å². The molecular formula is C15H25NO3. The third-order valence-corrected chi connectivity index (χ3v) is 4.46. The SMILES string of the molecule is CCC1CCCCC1OCC(=O)N1CCC(=O)CC1. The van der Waals surface area contributed by atoms with E-state index in [0.29, 0.717) is 31.8 Å². The van der Waals surface area contributed by atoms with Crippen molar-refractivity contribution in [1.29, 1.82) is 0 Å². The fourth-order valence-corrected chi connectivity index (χ4v) is 3.14. The Morgan fingerprint density at radius 3 is 2.63 bits per heavy atom. The molecule has 108 valence electrons. The molecule has 2 unspecified atom stereocenters. The average Bonchev–Trinajstić information content (AvgIpc) is 2.45. The molecule has 0 radical (unpaired) electrons. The number of rotatable bonds is 4. The molecule has 1 saturated carbocycles. The highest BCUT2D eigenvalue weighted by Crippen LogP contribution is 2.29. The molecule has 2 aliphatic rings. The van der Waals surface area contributed by atoms with E-state index in [1.54, 1.807) is 4.90 Å². The number of carbonyl (C=O) groups excluding carboxylic acids is 2. The first kappa shape index (κ1) is 14.5. The maximum Gasteiger partial charge on any atom is 0.248 e. The molecular weight excluding hydrogens is 242 g/mol. The number of Topliss-reactive ketones (excluding diaryl/α,β-unsaturated/α-hetero) is 1. The van der Waals surface area contributed by atoms with E-state index in [1.165, 1.54) is 19.3 Å². The van der Waals surface area contributed by atoms with Crippen LogP contribution in [0.25, 0.3) is 0 Å². The Hall–Kier alpha value is -0.900.